The molecule has 5 heteroatoms. The Morgan fingerprint density at radius 2 is 2.09 bits per heavy atom. The van der Waals surface area contributed by atoms with Gasteiger partial charge in [0.15, 0.2) is 0 Å². The highest BCUT2D eigenvalue weighted by Crippen LogP contribution is 2.21. The Labute approximate surface area is 136 Å². The lowest BCUT2D eigenvalue weighted by Crippen LogP contribution is -2.44. The van der Waals surface area contributed by atoms with E-state index >= 15 is 0 Å². The van der Waals surface area contributed by atoms with Gasteiger partial charge in [-0.05, 0) is 37.9 Å². The molecule has 0 unspecified atom stereocenters. The first kappa shape index (κ1) is 17.3. The van der Waals surface area contributed by atoms with Crippen molar-refractivity contribution in [2.45, 2.75) is 43.5 Å². The molecule has 1 aromatic rings. The fourth-order valence-electron chi connectivity index (χ4n) is 2.73. The van der Waals surface area contributed by atoms with Crippen LogP contribution in [0.25, 0.3) is 0 Å². The molecule has 0 bridgehead atoms. The second-order valence-electron chi connectivity index (χ2n) is 5.71. The summed E-state index contributed by atoms with van der Waals surface area (Å²) in [4.78, 5) is 15.0. The van der Waals surface area contributed by atoms with Gasteiger partial charge in [0.1, 0.15) is 5.82 Å². The first-order valence-corrected chi connectivity index (χ1v) is 9.06. The third kappa shape index (κ3) is 5.61. The number of amides is 1. The summed E-state index contributed by atoms with van der Waals surface area (Å²) in [5, 5.41) is 3.11. The third-order valence-corrected chi connectivity index (χ3v) is 4.97. The van der Waals surface area contributed by atoms with Crippen molar-refractivity contribution in [2.24, 2.45) is 0 Å². The van der Waals surface area contributed by atoms with Crippen LogP contribution in [0.5, 0.6) is 0 Å². The summed E-state index contributed by atoms with van der Waals surface area (Å²) in [7, 11) is 0. The molecule has 0 spiro atoms. The Morgan fingerprint density at radius 3 is 2.77 bits per heavy atom. The standard InChI is InChI=1S/C17H25FN2OS/c1-2-10-20-11-7-14(8-12-20)19-17(21)9-13-22-16-6-4-3-5-15(16)18/h3-6,14H,2,7-13H2,1H3,(H,19,21). The number of thioether (sulfide) groups is 1. The van der Waals surface area contributed by atoms with Crippen LogP contribution in [0.15, 0.2) is 29.2 Å². The SMILES string of the molecule is CCCN1CCC(NC(=O)CCSc2ccccc2F)CC1. The van der Waals surface area contributed by atoms with Gasteiger partial charge in [0.05, 0.1) is 0 Å². The van der Waals surface area contributed by atoms with Crippen molar-refractivity contribution >= 4 is 17.7 Å². The van der Waals surface area contributed by atoms with Crippen LogP contribution >= 0.6 is 11.8 Å². The van der Waals surface area contributed by atoms with Gasteiger partial charge < -0.3 is 10.2 Å². The lowest BCUT2D eigenvalue weighted by Gasteiger charge is -2.32. The molecule has 1 aromatic carbocycles. The van der Waals surface area contributed by atoms with Gasteiger partial charge in [0.2, 0.25) is 5.91 Å². The third-order valence-electron chi connectivity index (χ3n) is 3.92. The number of benzene rings is 1. The van der Waals surface area contributed by atoms with E-state index in [0.29, 0.717) is 23.1 Å². The largest absolute Gasteiger partial charge is 0.353 e. The van der Waals surface area contributed by atoms with E-state index in [4.69, 9.17) is 0 Å². The van der Waals surface area contributed by atoms with Crippen LogP contribution in [-0.2, 0) is 4.79 Å². The number of nitrogens with zero attached hydrogens (tertiary/aromatic N) is 1. The Hall–Kier alpha value is -1.07. The molecule has 3 nitrogen and oxygen atoms in total. The molecule has 1 heterocycles. The van der Waals surface area contributed by atoms with Crippen LogP contribution in [-0.4, -0.2) is 42.2 Å². The lowest BCUT2D eigenvalue weighted by molar-refractivity contribution is -0.121. The van der Waals surface area contributed by atoms with Crippen molar-refractivity contribution < 1.29 is 9.18 Å². The van der Waals surface area contributed by atoms with Gasteiger partial charge in [-0.1, -0.05) is 19.1 Å². The number of carbonyl (C=O) groups is 1. The highest BCUT2D eigenvalue weighted by molar-refractivity contribution is 7.99. The molecule has 1 N–H and O–H groups in total. The molecule has 1 fully saturated rings. The first-order valence-electron chi connectivity index (χ1n) is 8.08. The average Bonchev–Trinajstić information content (AvgIpc) is 2.51. The molecule has 0 atom stereocenters. The van der Waals surface area contributed by atoms with Gasteiger partial charge in [-0.15, -0.1) is 11.8 Å². The van der Waals surface area contributed by atoms with Gasteiger partial charge in [0.25, 0.3) is 0 Å². The maximum atomic E-state index is 13.5. The highest BCUT2D eigenvalue weighted by Gasteiger charge is 2.19. The van der Waals surface area contributed by atoms with Crippen molar-refractivity contribution in [1.29, 1.82) is 0 Å². The maximum Gasteiger partial charge on any atom is 0.221 e. The van der Waals surface area contributed by atoms with Crippen LogP contribution in [0.1, 0.15) is 32.6 Å². The molecule has 122 valence electrons. The minimum Gasteiger partial charge on any atom is -0.353 e. The van der Waals surface area contributed by atoms with Crippen LogP contribution in [0, 0.1) is 5.82 Å². The van der Waals surface area contributed by atoms with E-state index in [1.54, 1.807) is 12.1 Å². The summed E-state index contributed by atoms with van der Waals surface area (Å²) in [6.45, 7) is 5.49. The van der Waals surface area contributed by atoms with Crippen LogP contribution in [0.3, 0.4) is 0 Å². The summed E-state index contributed by atoms with van der Waals surface area (Å²) >= 11 is 1.40. The molecule has 1 saturated heterocycles. The molecule has 1 aliphatic heterocycles. The Bertz CT molecular complexity index is 475. The number of carbonyl (C=O) groups excluding carboxylic acids is 1. The van der Waals surface area contributed by atoms with E-state index < -0.39 is 0 Å². The van der Waals surface area contributed by atoms with E-state index in [1.807, 2.05) is 6.07 Å². The summed E-state index contributed by atoms with van der Waals surface area (Å²) in [5.74, 6) is 0.482. The molecule has 2 rings (SSSR count). The molecule has 0 radical (unpaired) electrons. The predicted octanol–water partition coefficient (Wildman–Crippen LogP) is 3.30. The van der Waals surface area contributed by atoms with E-state index in [1.165, 1.54) is 24.2 Å². The molecular formula is C17H25FN2OS. The van der Waals surface area contributed by atoms with Crippen molar-refractivity contribution in [3.63, 3.8) is 0 Å². The van der Waals surface area contributed by atoms with Crippen molar-refractivity contribution in [2.75, 3.05) is 25.4 Å². The van der Waals surface area contributed by atoms with Crippen molar-refractivity contribution in [3.05, 3.63) is 30.1 Å². The maximum absolute atomic E-state index is 13.5. The van der Waals surface area contributed by atoms with Crippen molar-refractivity contribution in [1.82, 2.24) is 10.2 Å². The van der Waals surface area contributed by atoms with Gasteiger partial charge in [-0.2, -0.15) is 0 Å². The minimum absolute atomic E-state index is 0.0813. The lowest BCUT2D eigenvalue weighted by atomic mass is 10.0. The number of likely N-dealkylation sites (tertiary alicyclic amines) is 1. The molecule has 22 heavy (non-hydrogen) atoms. The summed E-state index contributed by atoms with van der Waals surface area (Å²) in [5.41, 5.74) is 0. The zero-order valence-corrected chi connectivity index (χ0v) is 14.0. The average molecular weight is 324 g/mol. The van der Waals surface area contributed by atoms with E-state index in [2.05, 4.69) is 17.1 Å². The molecule has 0 aliphatic carbocycles. The number of piperidine rings is 1. The molecular weight excluding hydrogens is 299 g/mol. The zero-order chi connectivity index (χ0) is 15.8. The number of halogens is 1. The second-order valence-corrected chi connectivity index (χ2v) is 6.85. The fraction of sp³-hybridized carbons (Fsp3) is 0.588. The summed E-state index contributed by atoms with van der Waals surface area (Å²) in [6, 6.07) is 7.00. The molecule has 0 saturated carbocycles. The second kappa shape index (κ2) is 9.16. The van der Waals surface area contributed by atoms with E-state index in [-0.39, 0.29) is 11.7 Å². The molecule has 1 aliphatic rings. The van der Waals surface area contributed by atoms with Gasteiger partial charge in [0, 0.05) is 36.2 Å². The van der Waals surface area contributed by atoms with Gasteiger partial charge in [-0.3, -0.25) is 4.79 Å². The topological polar surface area (TPSA) is 32.3 Å². The van der Waals surface area contributed by atoms with Crippen LogP contribution < -0.4 is 5.32 Å². The normalized spacial score (nSPS) is 16.6. The smallest absolute Gasteiger partial charge is 0.221 e. The zero-order valence-electron chi connectivity index (χ0n) is 13.2. The number of rotatable bonds is 7. The Morgan fingerprint density at radius 1 is 1.36 bits per heavy atom. The number of hydrogen-bond donors (Lipinski definition) is 1. The number of nitrogens with one attached hydrogen (secondary N) is 1. The van der Waals surface area contributed by atoms with Gasteiger partial charge in [-0.25, -0.2) is 4.39 Å². The first-order chi connectivity index (χ1) is 10.7. The Kier molecular flexibility index (Phi) is 7.19. The predicted molar refractivity (Wildman–Crippen MR) is 89.6 cm³/mol. The fourth-order valence-corrected chi connectivity index (χ4v) is 3.62. The number of hydrogen-bond acceptors (Lipinski definition) is 3. The highest BCUT2D eigenvalue weighted by atomic mass is 32.2. The molecule has 1 amide bonds. The van der Waals surface area contributed by atoms with Crippen LogP contribution in [0.4, 0.5) is 4.39 Å². The van der Waals surface area contributed by atoms with E-state index in [9.17, 15) is 9.18 Å². The summed E-state index contributed by atoms with van der Waals surface area (Å²) < 4.78 is 13.5. The quantitative estimate of drug-likeness (QED) is 0.781. The minimum atomic E-state index is -0.212. The van der Waals surface area contributed by atoms with Crippen molar-refractivity contribution in [3.8, 4) is 0 Å². The van der Waals surface area contributed by atoms with Crippen LogP contribution in [0.2, 0.25) is 0 Å². The Balaban J connectivity index is 1.63. The van der Waals surface area contributed by atoms with E-state index in [0.717, 1.165) is 32.5 Å². The monoisotopic (exact) mass is 324 g/mol. The summed E-state index contributed by atoms with van der Waals surface area (Å²) in [6.07, 6.45) is 3.69. The van der Waals surface area contributed by atoms with Gasteiger partial charge >= 0.3 is 0 Å². The molecule has 0 aromatic heterocycles.